The molecule has 0 aromatic carbocycles. The number of likely N-dealkylation sites (tertiary alicyclic amines) is 1. The van der Waals surface area contributed by atoms with Crippen molar-refractivity contribution in [2.24, 2.45) is 5.92 Å². The second-order valence-electron chi connectivity index (χ2n) is 6.18. The smallest absolute Gasteiger partial charge is 0.228 e. The Morgan fingerprint density at radius 1 is 1.40 bits per heavy atom. The van der Waals surface area contributed by atoms with E-state index < -0.39 is 0 Å². The van der Waals surface area contributed by atoms with Crippen LogP contribution >= 0.6 is 0 Å². The highest BCUT2D eigenvalue weighted by atomic mass is 16.2. The SMILES string of the molecule is C[C@@H]1CN(C(=O)[C@@H]2CC(=O)N(CCN(C)C)C2)CCN1. The fraction of sp³-hybridized carbons (Fsp3) is 0.857. The predicted molar refractivity (Wildman–Crippen MR) is 77.3 cm³/mol. The lowest BCUT2D eigenvalue weighted by Gasteiger charge is -2.33. The highest BCUT2D eigenvalue weighted by molar-refractivity contribution is 5.89. The summed E-state index contributed by atoms with van der Waals surface area (Å²) in [5.41, 5.74) is 0. The van der Waals surface area contributed by atoms with Gasteiger partial charge in [-0.15, -0.1) is 0 Å². The number of carbonyl (C=O) groups is 2. The second kappa shape index (κ2) is 6.54. The van der Waals surface area contributed by atoms with Crippen molar-refractivity contribution in [1.82, 2.24) is 20.0 Å². The number of nitrogens with zero attached hydrogens (tertiary/aromatic N) is 3. The van der Waals surface area contributed by atoms with Gasteiger partial charge in [0.25, 0.3) is 0 Å². The molecule has 0 saturated carbocycles. The normalized spacial score (nSPS) is 27.5. The summed E-state index contributed by atoms with van der Waals surface area (Å²) in [5, 5.41) is 3.33. The van der Waals surface area contributed by atoms with E-state index in [0.717, 1.165) is 26.2 Å². The molecule has 2 aliphatic heterocycles. The Hall–Kier alpha value is -1.14. The lowest BCUT2D eigenvalue weighted by molar-refractivity contribution is -0.136. The van der Waals surface area contributed by atoms with Crippen LogP contribution < -0.4 is 5.32 Å². The van der Waals surface area contributed by atoms with Crippen LogP contribution in [0.3, 0.4) is 0 Å². The van der Waals surface area contributed by atoms with Gasteiger partial charge in [0.1, 0.15) is 0 Å². The number of carbonyl (C=O) groups excluding carboxylic acids is 2. The van der Waals surface area contributed by atoms with Crippen LogP contribution in [0.1, 0.15) is 13.3 Å². The van der Waals surface area contributed by atoms with Crippen molar-refractivity contribution < 1.29 is 9.59 Å². The van der Waals surface area contributed by atoms with E-state index in [-0.39, 0.29) is 17.7 Å². The van der Waals surface area contributed by atoms with Gasteiger partial charge in [0.05, 0.1) is 5.92 Å². The average Bonchev–Trinajstić information content (AvgIpc) is 2.77. The molecule has 20 heavy (non-hydrogen) atoms. The number of piperazine rings is 1. The summed E-state index contributed by atoms with van der Waals surface area (Å²) in [7, 11) is 3.98. The van der Waals surface area contributed by atoms with Gasteiger partial charge in [-0.3, -0.25) is 9.59 Å². The predicted octanol–water partition coefficient (Wildman–Crippen LogP) is -0.783. The lowest BCUT2D eigenvalue weighted by atomic mass is 10.1. The zero-order valence-corrected chi connectivity index (χ0v) is 12.8. The molecule has 2 amide bonds. The van der Waals surface area contributed by atoms with Gasteiger partial charge in [0.15, 0.2) is 0 Å². The Balaban J connectivity index is 1.87. The molecule has 2 rings (SSSR count). The minimum absolute atomic E-state index is 0.119. The van der Waals surface area contributed by atoms with Gasteiger partial charge in [-0.1, -0.05) is 0 Å². The van der Waals surface area contributed by atoms with Crippen LogP contribution in [-0.4, -0.2) is 85.9 Å². The fourth-order valence-corrected chi connectivity index (χ4v) is 2.87. The van der Waals surface area contributed by atoms with E-state index >= 15 is 0 Å². The van der Waals surface area contributed by atoms with E-state index in [1.807, 2.05) is 23.9 Å². The highest BCUT2D eigenvalue weighted by Crippen LogP contribution is 2.20. The third-order valence-corrected chi connectivity index (χ3v) is 4.06. The Kier molecular flexibility index (Phi) is 4.99. The minimum Gasteiger partial charge on any atom is -0.341 e. The van der Waals surface area contributed by atoms with E-state index in [2.05, 4.69) is 17.1 Å². The first-order valence-electron chi connectivity index (χ1n) is 7.42. The molecule has 2 aliphatic rings. The maximum Gasteiger partial charge on any atom is 0.228 e. The maximum atomic E-state index is 12.5. The molecule has 6 heteroatoms. The molecule has 114 valence electrons. The molecule has 2 heterocycles. The van der Waals surface area contributed by atoms with E-state index in [1.54, 1.807) is 0 Å². The van der Waals surface area contributed by atoms with Crippen molar-refractivity contribution in [2.45, 2.75) is 19.4 Å². The number of rotatable bonds is 4. The molecule has 0 aromatic rings. The van der Waals surface area contributed by atoms with Gasteiger partial charge in [-0.25, -0.2) is 0 Å². The second-order valence-corrected chi connectivity index (χ2v) is 6.18. The molecule has 0 radical (unpaired) electrons. The quantitative estimate of drug-likeness (QED) is 0.735. The van der Waals surface area contributed by atoms with E-state index in [9.17, 15) is 9.59 Å². The van der Waals surface area contributed by atoms with Crippen molar-refractivity contribution in [3.63, 3.8) is 0 Å². The van der Waals surface area contributed by atoms with Gasteiger partial charge in [0, 0.05) is 51.7 Å². The first kappa shape index (κ1) is 15.3. The topological polar surface area (TPSA) is 55.9 Å². The van der Waals surface area contributed by atoms with Crippen LogP contribution in [0.25, 0.3) is 0 Å². The summed E-state index contributed by atoms with van der Waals surface area (Å²) < 4.78 is 0. The molecule has 2 fully saturated rings. The summed E-state index contributed by atoms with van der Waals surface area (Å²) in [5.74, 6) is 0.127. The molecule has 2 saturated heterocycles. The molecule has 0 bridgehead atoms. The van der Waals surface area contributed by atoms with Crippen molar-refractivity contribution in [1.29, 1.82) is 0 Å². The Morgan fingerprint density at radius 3 is 2.80 bits per heavy atom. The van der Waals surface area contributed by atoms with E-state index in [1.165, 1.54) is 0 Å². The molecule has 0 aliphatic carbocycles. The fourth-order valence-electron chi connectivity index (χ4n) is 2.87. The van der Waals surface area contributed by atoms with E-state index in [4.69, 9.17) is 0 Å². The largest absolute Gasteiger partial charge is 0.341 e. The number of likely N-dealkylation sites (N-methyl/N-ethyl adjacent to an activating group) is 1. The summed E-state index contributed by atoms with van der Waals surface area (Å²) in [6.07, 6.45) is 0.380. The third-order valence-electron chi connectivity index (χ3n) is 4.06. The van der Waals surface area contributed by atoms with Crippen molar-refractivity contribution in [3.8, 4) is 0 Å². The standard InChI is InChI=1S/C14H26N4O2/c1-11-9-18(5-4-15-11)14(20)12-8-13(19)17(10-12)7-6-16(2)3/h11-12,15H,4-10H2,1-3H3/t11-,12-/m1/s1. The molecule has 0 unspecified atom stereocenters. The van der Waals surface area contributed by atoms with Crippen LogP contribution in [0.15, 0.2) is 0 Å². The lowest BCUT2D eigenvalue weighted by Crippen LogP contribution is -2.53. The monoisotopic (exact) mass is 282 g/mol. The summed E-state index contributed by atoms with van der Waals surface area (Å²) in [6, 6.07) is 0.342. The van der Waals surface area contributed by atoms with Crippen molar-refractivity contribution in [3.05, 3.63) is 0 Å². The van der Waals surface area contributed by atoms with Crippen molar-refractivity contribution in [2.75, 3.05) is 53.4 Å². The first-order chi connectivity index (χ1) is 9.47. The van der Waals surface area contributed by atoms with Gasteiger partial charge in [-0.05, 0) is 21.0 Å². The number of nitrogens with one attached hydrogen (secondary N) is 1. The van der Waals surface area contributed by atoms with Gasteiger partial charge in [0.2, 0.25) is 11.8 Å². The van der Waals surface area contributed by atoms with Crippen LogP contribution in [0.5, 0.6) is 0 Å². The molecule has 6 nitrogen and oxygen atoms in total. The zero-order valence-electron chi connectivity index (χ0n) is 12.8. The van der Waals surface area contributed by atoms with Gasteiger partial charge < -0.3 is 20.0 Å². The zero-order chi connectivity index (χ0) is 14.7. The van der Waals surface area contributed by atoms with Crippen molar-refractivity contribution >= 4 is 11.8 Å². The van der Waals surface area contributed by atoms with Crippen LogP contribution in [0.2, 0.25) is 0 Å². The average molecular weight is 282 g/mol. The summed E-state index contributed by atoms with van der Waals surface area (Å²) in [4.78, 5) is 30.3. The number of hydrogen-bond donors (Lipinski definition) is 1. The molecular formula is C14H26N4O2. The molecule has 2 atom stereocenters. The Morgan fingerprint density at radius 2 is 2.15 bits per heavy atom. The Labute approximate surface area is 121 Å². The molecule has 0 aromatic heterocycles. The third kappa shape index (κ3) is 3.70. The van der Waals surface area contributed by atoms with Gasteiger partial charge >= 0.3 is 0 Å². The Bertz CT molecular complexity index is 372. The minimum atomic E-state index is -0.144. The molecular weight excluding hydrogens is 256 g/mol. The first-order valence-corrected chi connectivity index (χ1v) is 7.42. The molecule has 0 spiro atoms. The van der Waals surface area contributed by atoms with Crippen LogP contribution in [0, 0.1) is 5.92 Å². The number of hydrogen-bond acceptors (Lipinski definition) is 4. The van der Waals surface area contributed by atoms with Gasteiger partial charge in [-0.2, -0.15) is 0 Å². The van der Waals surface area contributed by atoms with Crippen LogP contribution in [0.4, 0.5) is 0 Å². The number of amides is 2. The summed E-state index contributed by atoms with van der Waals surface area (Å²) >= 11 is 0. The van der Waals surface area contributed by atoms with Crippen LogP contribution in [-0.2, 0) is 9.59 Å². The maximum absolute atomic E-state index is 12.5. The molecule has 1 N–H and O–H groups in total. The van der Waals surface area contributed by atoms with E-state index in [0.29, 0.717) is 25.6 Å². The summed E-state index contributed by atoms with van der Waals surface area (Å²) in [6.45, 7) is 6.59. The highest BCUT2D eigenvalue weighted by Gasteiger charge is 2.37.